The molecule has 0 saturated heterocycles. The molecule has 3 N–H and O–H groups in total. The van der Waals surface area contributed by atoms with E-state index in [2.05, 4.69) is 5.32 Å². The third-order valence-electron chi connectivity index (χ3n) is 2.35. The van der Waals surface area contributed by atoms with Crippen LogP contribution in [0.15, 0.2) is 17.0 Å². The zero-order valence-electron chi connectivity index (χ0n) is 10.8. The van der Waals surface area contributed by atoms with Crippen LogP contribution in [-0.4, -0.2) is 41.3 Å². The smallest absolute Gasteiger partial charge is 0.254 e. The van der Waals surface area contributed by atoms with Gasteiger partial charge in [0.2, 0.25) is 10.0 Å². The molecule has 0 bridgehead atoms. The molecular formula is C10H12Cl2N2O5S2. The maximum absolute atomic E-state index is 11.9. The number of hydrogen-bond donors (Lipinski definition) is 2. The molecule has 0 spiro atoms. The highest BCUT2D eigenvalue weighted by Crippen LogP contribution is 2.30. The van der Waals surface area contributed by atoms with Crippen molar-refractivity contribution in [1.29, 1.82) is 0 Å². The van der Waals surface area contributed by atoms with Gasteiger partial charge in [0.15, 0.2) is 0 Å². The minimum Gasteiger partial charge on any atom is -0.351 e. The zero-order chi connectivity index (χ0) is 16.4. The Balaban J connectivity index is 3.10. The van der Waals surface area contributed by atoms with Gasteiger partial charge in [0.1, 0.15) is 14.7 Å². The lowest BCUT2D eigenvalue weighted by atomic mass is 10.2. The first-order valence-electron chi connectivity index (χ1n) is 5.40. The van der Waals surface area contributed by atoms with Crippen LogP contribution in [0.5, 0.6) is 0 Å². The van der Waals surface area contributed by atoms with Crippen molar-refractivity contribution >= 4 is 49.0 Å². The molecule has 1 aromatic carbocycles. The van der Waals surface area contributed by atoms with Crippen molar-refractivity contribution in [2.75, 3.05) is 18.6 Å². The standard InChI is InChI=1S/C10H12Cl2N2O5S2/c1-20(16,17)5-4-14-10(15)8-6(11)2-3-7(9(8)12)21(13,18)19/h2-3H,4-5H2,1H3,(H,14,15)(H2,13,18,19). The summed E-state index contributed by atoms with van der Waals surface area (Å²) in [6.45, 7) is -0.163. The van der Waals surface area contributed by atoms with Gasteiger partial charge in [-0.2, -0.15) is 0 Å². The topological polar surface area (TPSA) is 123 Å². The molecule has 7 nitrogen and oxygen atoms in total. The highest BCUT2D eigenvalue weighted by Gasteiger charge is 2.22. The predicted molar refractivity (Wildman–Crippen MR) is 79.9 cm³/mol. The van der Waals surface area contributed by atoms with Crippen molar-refractivity contribution < 1.29 is 21.6 Å². The molecule has 0 fully saturated rings. The summed E-state index contributed by atoms with van der Waals surface area (Å²) in [6, 6.07) is 2.24. The molecular weight excluding hydrogens is 363 g/mol. The highest BCUT2D eigenvalue weighted by atomic mass is 35.5. The molecule has 0 heterocycles. The molecule has 0 aliphatic heterocycles. The summed E-state index contributed by atoms with van der Waals surface area (Å²) in [5.41, 5.74) is -0.279. The number of carbonyl (C=O) groups excluding carboxylic acids is 1. The molecule has 1 amide bonds. The summed E-state index contributed by atoms with van der Waals surface area (Å²) >= 11 is 11.7. The Labute approximate surface area is 132 Å². The van der Waals surface area contributed by atoms with Gasteiger partial charge in [-0.3, -0.25) is 4.79 Å². The quantitative estimate of drug-likeness (QED) is 0.772. The fourth-order valence-corrected chi connectivity index (χ4v) is 3.35. The van der Waals surface area contributed by atoms with Gasteiger partial charge in [0.25, 0.3) is 5.91 Å². The number of nitrogens with one attached hydrogen (secondary N) is 1. The Morgan fingerprint density at radius 1 is 1.24 bits per heavy atom. The maximum atomic E-state index is 11.9. The molecule has 21 heavy (non-hydrogen) atoms. The van der Waals surface area contributed by atoms with Crippen molar-refractivity contribution in [3.05, 3.63) is 27.7 Å². The lowest BCUT2D eigenvalue weighted by Crippen LogP contribution is -2.29. The van der Waals surface area contributed by atoms with Gasteiger partial charge in [0, 0.05) is 12.8 Å². The van der Waals surface area contributed by atoms with Crippen molar-refractivity contribution in [3.63, 3.8) is 0 Å². The van der Waals surface area contributed by atoms with Gasteiger partial charge in [-0.25, -0.2) is 22.0 Å². The molecule has 0 aliphatic carbocycles. The summed E-state index contributed by atoms with van der Waals surface area (Å²) < 4.78 is 44.6. The minimum absolute atomic E-state index is 0.0794. The Hall–Kier alpha value is -0.870. The number of halogens is 2. The van der Waals surface area contributed by atoms with Crippen LogP contribution in [0.25, 0.3) is 0 Å². The molecule has 11 heteroatoms. The van der Waals surface area contributed by atoms with Gasteiger partial charge in [-0.15, -0.1) is 0 Å². The lowest BCUT2D eigenvalue weighted by Gasteiger charge is -2.10. The van der Waals surface area contributed by atoms with E-state index in [1.165, 1.54) is 6.07 Å². The largest absolute Gasteiger partial charge is 0.351 e. The van der Waals surface area contributed by atoms with E-state index in [9.17, 15) is 21.6 Å². The molecule has 1 rings (SSSR count). The molecule has 118 valence electrons. The minimum atomic E-state index is -4.12. The number of nitrogens with two attached hydrogens (primary N) is 1. The van der Waals surface area contributed by atoms with E-state index in [4.69, 9.17) is 28.3 Å². The van der Waals surface area contributed by atoms with E-state index in [1.807, 2.05) is 0 Å². The van der Waals surface area contributed by atoms with Gasteiger partial charge in [-0.05, 0) is 12.1 Å². The van der Waals surface area contributed by atoms with Gasteiger partial charge >= 0.3 is 0 Å². The fraction of sp³-hybridized carbons (Fsp3) is 0.300. The zero-order valence-corrected chi connectivity index (χ0v) is 13.9. The predicted octanol–water partition coefficient (Wildman–Crippen LogP) is 0.415. The molecule has 0 saturated carbocycles. The fourth-order valence-electron chi connectivity index (χ4n) is 1.40. The van der Waals surface area contributed by atoms with Crippen LogP contribution in [0.1, 0.15) is 10.4 Å². The van der Waals surface area contributed by atoms with Gasteiger partial charge in [0.05, 0.1) is 21.4 Å². The normalized spacial score (nSPS) is 12.2. The number of carbonyl (C=O) groups is 1. The van der Waals surface area contributed by atoms with Gasteiger partial charge in [-0.1, -0.05) is 23.2 Å². The molecule has 0 aromatic heterocycles. The van der Waals surface area contributed by atoms with Crippen LogP contribution in [0.2, 0.25) is 10.0 Å². The van der Waals surface area contributed by atoms with Crippen LogP contribution >= 0.6 is 23.2 Å². The average molecular weight is 375 g/mol. The molecule has 0 atom stereocenters. The SMILES string of the molecule is CS(=O)(=O)CCNC(=O)c1c(Cl)ccc(S(N)(=O)=O)c1Cl. The first-order valence-corrected chi connectivity index (χ1v) is 9.76. The number of sulfonamides is 1. The number of rotatable bonds is 5. The van der Waals surface area contributed by atoms with E-state index in [-0.39, 0.29) is 22.9 Å². The van der Waals surface area contributed by atoms with Crippen LogP contribution < -0.4 is 10.5 Å². The van der Waals surface area contributed by atoms with E-state index in [1.54, 1.807) is 0 Å². The van der Waals surface area contributed by atoms with Crippen molar-refractivity contribution in [3.8, 4) is 0 Å². The Morgan fingerprint density at radius 2 is 1.81 bits per heavy atom. The summed E-state index contributed by atoms with van der Waals surface area (Å²) in [4.78, 5) is 11.5. The first-order chi connectivity index (χ1) is 9.43. The monoisotopic (exact) mass is 374 g/mol. The Bertz CT molecular complexity index is 775. The van der Waals surface area contributed by atoms with Crippen LogP contribution in [0.3, 0.4) is 0 Å². The molecule has 1 aromatic rings. The third kappa shape index (κ3) is 5.11. The Kier molecular flexibility index (Phi) is 5.62. The second-order valence-corrected chi connectivity index (χ2v) is 8.74. The number of sulfone groups is 1. The molecule has 0 radical (unpaired) electrons. The molecule has 0 unspecified atom stereocenters. The summed E-state index contributed by atoms with van der Waals surface area (Å²) in [6.07, 6.45) is 1.01. The van der Waals surface area contributed by atoms with E-state index in [0.29, 0.717) is 0 Å². The van der Waals surface area contributed by atoms with Crippen molar-refractivity contribution in [2.24, 2.45) is 5.14 Å². The van der Waals surface area contributed by atoms with Gasteiger partial charge < -0.3 is 5.32 Å². The number of primary sulfonamides is 1. The number of hydrogen-bond acceptors (Lipinski definition) is 5. The third-order valence-corrected chi connectivity index (χ3v) is 5.07. The average Bonchev–Trinajstić information content (AvgIpc) is 2.25. The second kappa shape index (κ2) is 6.49. The highest BCUT2D eigenvalue weighted by molar-refractivity contribution is 7.90. The van der Waals surface area contributed by atoms with Crippen molar-refractivity contribution in [1.82, 2.24) is 5.32 Å². The lowest BCUT2D eigenvalue weighted by molar-refractivity contribution is 0.0956. The van der Waals surface area contributed by atoms with E-state index in [0.717, 1.165) is 12.3 Å². The summed E-state index contributed by atoms with van der Waals surface area (Å²) in [7, 11) is -7.37. The van der Waals surface area contributed by atoms with Crippen LogP contribution in [-0.2, 0) is 19.9 Å². The van der Waals surface area contributed by atoms with Crippen LogP contribution in [0.4, 0.5) is 0 Å². The maximum Gasteiger partial charge on any atom is 0.254 e. The summed E-state index contributed by atoms with van der Waals surface area (Å²) in [5, 5.41) is 6.77. The van der Waals surface area contributed by atoms with Crippen molar-refractivity contribution in [2.45, 2.75) is 4.90 Å². The van der Waals surface area contributed by atoms with Crippen LogP contribution in [0, 0.1) is 0 Å². The first kappa shape index (κ1) is 18.2. The number of benzene rings is 1. The molecule has 0 aliphatic rings. The van der Waals surface area contributed by atoms with E-state index < -0.39 is 35.7 Å². The Morgan fingerprint density at radius 3 is 2.29 bits per heavy atom. The summed E-state index contributed by atoms with van der Waals surface area (Å²) in [5.74, 6) is -1.07. The van der Waals surface area contributed by atoms with E-state index >= 15 is 0 Å². The number of amides is 1. The second-order valence-electron chi connectivity index (χ2n) is 4.17.